The fourth-order valence-corrected chi connectivity index (χ4v) is 3.51. The molecule has 4 rings (SSSR count). The summed E-state index contributed by atoms with van der Waals surface area (Å²) in [6.45, 7) is 8.70. The van der Waals surface area contributed by atoms with Crippen LogP contribution in [0.25, 0.3) is 10.9 Å². The lowest BCUT2D eigenvalue weighted by atomic mass is 10.2. The number of morpholine rings is 1. The summed E-state index contributed by atoms with van der Waals surface area (Å²) < 4.78 is 17.9. The van der Waals surface area contributed by atoms with Crippen LogP contribution in [-0.4, -0.2) is 48.5 Å². The molecule has 0 aliphatic carbocycles. The van der Waals surface area contributed by atoms with E-state index in [1.807, 2.05) is 51.1 Å². The van der Waals surface area contributed by atoms with Crippen LogP contribution in [0.4, 0.5) is 11.5 Å². The van der Waals surface area contributed by atoms with Crippen molar-refractivity contribution in [2.45, 2.75) is 33.0 Å². The zero-order valence-electron chi connectivity index (χ0n) is 17.9. The number of hydrogen-bond acceptors (Lipinski definition) is 7. The first-order valence-electron chi connectivity index (χ1n) is 10.4. The van der Waals surface area contributed by atoms with Gasteiger partial charge in [0.1, 0.15) is 24.9 Å². The van der Waals surface area contributed by atoms with Gasteiger partial charge in [-0.3, -0.25) is 0 Å². The van der Waals surface area contributed by atoms with Gasteiger partial charge in [0.25, 0.3) is 0 Å². The number of ether oxygens (including phenoxy) is 3. The van der Waals surface area contributed by atoms with E-state index in [1.54, 1.807) is 0 Å². The normalized spacial score (nSPS) is 16.5. The number of rotatable bonds is 7. The van der Waals surface area contributed by atoms with Crippen LogP contribution in [0.3, 0.4) is 0 Å². The molecule has 1 unspecified atom stereocenters. The SMILES string of the molecule is Cc1cc(Nc2ncnc3cc(OCC4CNCCO4)c(OC(C)C)cc23)ccc1Cl. The molecule has 0 spiro atoms. The highest BCUT2D eigenvalue weighted by Gasteiger charge is 2.18. The van der Waals surface area contributed by atoms with E-state index in [4.69, 9.17) is 25.8 Å². The molecule has 7 nitrogen and oxygen atoms in total. The first-order chi connectivity index (χ1) is 15.0. The van der Waals surface area contributed by atoms with Crippen molar-refractivity contribution < 1.29 is 14.2 Å². The highest BCUT2D eigenvalue weighted by atomic mass is 35.5. The lowest BCUT2D eigenvalue weighted by Gasteiger charge is -2.24. The predicted octanol–water partition coefficient (Wildman–Crippen LogP) is 4.49. The second kappa shape index (κ2) is 9.68. The molecule has 3 aromatic rings. The van der Waals surface area contributed by atoms with Crippen molar-refractivity contribution in [1.82, 2.24) is 15.3 Å². The van der Waals surface area contributed by atoms with E-state index in [0.717, 1.165) is 40.3 Å². The molecule has 2 heterocycles. The van der Waals surface area contributed by atoms with Crippen molar-refractivity contribution in [3.63, 3.8) is 0 Å². The third kappa shape index (κ3) is 5.36. The van der Waals surface area contributed by atoms with E-state index in [2.05, 4.69) is 20.6 Å². The first-order valence-corrected chi connectivity index (χ1v) is 10.8. The number of aromatic nitrogens is 2. The van der Waals surface area contributed by atoms with Gasteiger partial charge in [0, 0.05) is 35.3 Å². The molecule has 31 heavy (non-hydrogen) atoms. The highest BCUT2D eigenvalue weighted by Crippen LogP contribution is 2.36. The Morgan fingerprint density at radius 1 is 1.23 bits per heavy atom. The van der Waals surface area contributed by atoms with Crippen molar-refractivity contribution in [1.29, 1.82) is 0 Å². The van der Waals surface area contributed by atoms with Gasteiger partial charge in [0.15, 0.2) is 11.5 Å². The number of hydrogen-bond donors (Lipinski definition) is 2. The molecular formula is C23H27ClN4O3. The maximum Gasteiger partial charge on any atom is 0.163 e. The molecule has 2 aromatic carbocycles. The number of anilines is 2. The van der Waals surface area contributed by atoms with Gasteiger partial charge in [-0.1, -0.05) is 11.6 Å². The van der Waals surface area contributed by atoms with Crippen molar-refractivity contribution in [3.8, 4) is 11.5 Å². The molecule has 1 fully saturated rings. The summed E-state index contributed by atoms with van der Waals surface area (Å²) in [4.78, 5) is 8.88. The van der Waals surface area contributed by atoms with Crippen LogP contribution in [0.15, 0.2) is 36.7 Å². The second-order valence-corrected chi connectivity index (χ2v) is 8.21. The number of benzene rings is 2. The maximum atomic E-state index is 6.15. The third-order valence-corrected chi connectivity index (χ3v) is 5.34. The van der Waals surface area contributed by atoms with Crippen LogP contribution in [0.2, 0.25) is 5.02 Å². The fourth-order valence-electron chi connectivity index (χ4n) is 3.39. The summed E-state index contributed by atoms with van der Waals surface area (Å²) in [5.41, 5.74) is 2.65. The Bertz CT molecular complexity index is 1050. The largest absolute Gasteiger partial charge is 0.487 e. The quantitative estimate of drug-likeness (QED) is 0.558. The molecule has 2 N–H and O–H groups in total. The molecule has 1 aliphatic heterocycles. The Morgan fingerprint density at radius 2 is 2.10 bits per heavy atom. The summed E-state index contributed by atoms with van der Waals surface area (Å²) in [5.74, 6) is 1.98. The number of nitrogens with one attached hydrogen (secondary N) is 2. The van der Waals surface area contributed by atoms with E-state index in [-0.39, 0.29) is 12.2 Å². The van der Waals surface area contributed by atoms with Gasteiger partial charge in [-0.25, -0.2) is 9.97 Å². The van der Waals surface area contributed by atoms with E-state index in [9.17, 15) is 0 Å². The van der Waals surface area contributed by atoms with E-state index >= 15 is 0 Å². The van der Waals surface area contributed by atoms with Gasteiger partial charge in [0.2, 0.25) is 0 Å². The van der Waals surface area contributed by atoms with E-state index in [0.29, 0.717) is 30.5 Å². The van der Waals surface area contributed by atoms with Gasteiger partial charge >= 0.3 is 0 Å². The number of fused-ring (bicyclic) bond motifs is 1. The molecule has 0 radical (unpaired) electrons. The van der Waals surface area contributed by atoms with Crippen molar-refractivity contribution in [2.24, 2.45) is 0 Å². The Morgan fingerprint density at radius 3 is 2.84 bits per heavy atom. The summed E-state index contributed by atoms with van der Waals surface area (Å²) in [7, 11) is 0. The average molecular weight is 443 g/mol. The Hall–Kier alpha value is -2.61. The minimum Gasteiger partial charge on any atom is -0.487 e. The monoisotopic (exact) mass is 442 g/mol. The first kappa shape index (κ1) is 21.6. The Kier molecular flexibility index (Phi) is 6.75. The Labute approximate surface area is 187 Å². The summed E-state index contributed by atoms with van der Waals surface area (Å²) >= 11 is 6.15. The van der Waals surface area contributed by atoms with Gasteiger partial charge in [-0.05, 0) is 50.6 Å². The smallest absolute Gasteiger partial charge is 0.163 e. The number of halogens is 1. The topological polar surface area (TPSA) is 77.5 Å². The molecule has 1 atom stereocenters. The summed E-state index contributed by atoms with van der Waals surface area (Å²) in [5, 5.41) is 8.24. The average Bonchev–Trinajstić information content (AvgIpc) is 2.75. The molecule has 0 amide bonds. The second-order valence-electron chi connectivity index (χ2n) is 7.80. The third-order valence-electron chi connectivity index (χ3n) is 4.91. The molecule has 1 aromatic heterocycles. The molecule has 0 bridgehead atoms. The maximum absolute atomic E-state index is 6.15. The minimum absolute atomic E-state index is 0.00659. The summed E-state index contributed by atoms with van der Waals surface area (Å²) in [6, 6.07) is 9.59. The fraction of sp³-hybridized carbons (Fsp3) is 0.391. The predicted molar refractivity (Wildman–Crippen MR) is 123 cm³/mol. The van der Waals surface area contributed by atoms with Crippen LogP contribution < -0.4 is 20.1 Å². The van der Waals surface area contributed by atoms with Crippen LogP contribution in [0.5, 0.6) is 11.5 Å². The molecule has 0 saturated carbocycles. The van der Waals surface area contributed by atoms with Gasteiger partial charge in [-0.2, -0.15) is 0 Å². The van der Waals surface area contributed by atoms with Crippen molar-refractivity contribution in [3.05, 3.63) is 47.2 Å². The standard InChI is InChI=1S/C23H27ClN4O3/c1-14(2)31-22-9-18-20(10-21(22)30-12-17-11-25-6-7-29-17)26-13-27-23(18)28-16-4-5-19(24)15(3)8-16/h4-5,8-10,13-14,17,25H,6-7,11-12H2,1-3H3,(H,26,27,28). The van der Waals surface area contributed by atoms with Gasteiger partial charge in [-0.15, -0.1) is 0 Å². The van der Waals surface area contributed by atoms with Crippen LogP contribution in [0.1, 0.15) is 19.4 Å². The summed E-state index contributed by atoms with van der Waals surface area (Å²) in [6.07, 6.45) is 1.54. The lowest BCUT2D eigenvalue weighted by molar-refractivity contribution is -0.000505. The molecule has 164 valence electrons. The van der Waals surface area contributed by atoms with E-state index in [1.165, 1.54) is 6.33 Å². The number of aryl methyl sites for hydroxylation is 1. The molecule has 1 aliphatic rings. The molecule has 8 heteroatoms. The zero-order chi connectivity index (χ0) is 21.8. The van der Waals surface area contributed by atoms with Crippen molar-refractivity contribution >= 4 is 34.0 Å². The van der Waals surface area contributed by atoms with Crippen LogP contribution in [-0.2, 0) is 4.74 Å². The molecule has 1 saturated heterocycles. The Balaban J connectivity index is 1.65. The molecular weight excluding hydrogens is 416 g/mol. The number of nitrogens with zero attached hydrogens (tertiary/aromatic N) is 2. The highest BCUT2D eigenvalue weighted by molar-refractivity contribution is 6.31. The lowest BCUT2D eigenvalue weighted by Crippen LogP contribution is -2.41. The van der Waals surface area contributed by atoms with Gasteiger partial charge in [0.05, 0.1) is 18.2 Å². The van der Waals surface area contributed by atoms with Crippen LogP contribution in [0, 0.1) is 6.92 Å². The van der Waals surface area contributed by atoms with Gasteiger partial charge < -0.3 is 24.8 Å². The van der Waals surface area contributed by atoms with E-state index < -0.39 is 0 Å². The zero-order valence-corrected chi connectivity index (χ0v) is 18.7. The van der Waals surface area contributed by atoms with Crippen molar-refractivity contribution in [2.75, 3.05) is 31.6 Å². The van der Waals surface area contributed by atoms with Crippen LogP contribution >= 0.6 is 11.6 Å². The minimum atomic E-state index is -0.00708.